The number of nitrogens with zero attached hydrogens (tertiary/aromatic N) is 2. The minimum absolute atomic E-state index is 0.0446. The van der Waals surface area contributed by atoms with E-state index in [9.17, 15) is 5.11 Å². The number of benzene rings is 1. The van der Waals surface area contributed by atoms with Crippen LogP contribution in [0.4, 0.5) is 5.82 Å². The third-order valence-electron chi connectivity index (χ3n) is 3.63. The van der Waals surface area contributed by atoms with Gasteiger partial charge in [-0.1, -0.05) is 25.0 Å². The minimum atomic E-state index is -0.318. The number of aliphatic hydroxyl groups is 1. The van der Waals surface area contributed by atoms with Crippen molar-refractivity contribution in [3.05, 3.63) is 29.5 Å². The molecule has 0 amide bonds. The minimum Gasteiger partial charge on any atom is -0.391 e. The molecule has 0 aliphatic heterocycles. The highest BCUT2D eigenvalue weighted by atomic mass is 35.5. The fraction of sp³-hybridized carbons (Fsp3) is 0.429. The molecule has 1 aliphatic rings. The monoisotopic (exact) mass is 277 g/mol. The molecule has 1 heterocycles. The lowest BCUT2D eigenvalue weighted by molar-refractivity contribution is 0.116. The van der Waals surface area contributed by atoms with Crippen LogP contribution in [0.5, 0.6) is 0 Å². The molecule has 4 nitrogen and oxygen atoms in total. The molecule has 1 saturated carbocycles. The van der Waals surface area contributed by atoms with Crippen LogP contribution in [0.1, 0.15) is 25.7 Å². The molecule has 5 heteroatoms. The molecule has 0 saturated heterocycles. The molecule has 1 aromatic carbocycles. The number of halogens is 1. The predicted octanol–water partition coefficient (Wildman–Crippen LogP) is 3.00. The Balaban J connectivity index is 1.95. The molecule has 2 N–H and O–H groups in total. The number of aromatic nitrogens is 2. The second kappa shape index (κ2) is 5.31. The van der Waals surface area contributed by atoms with Gasteiger partial charge in [-0.05, 0) is 36.6 Å². The smallest absolute Gasteiger partial charge is 0.224 e. The average Bonchev–Trinajstić information content (AvgIpc) is 2.41. The van der Waals surface area contributed by atoms with E-state index < -0.39 is 0 Å². The summed E-state index contributed by atoms with van der Waals surface area (Å²) in [5.74, 6) is 0.710. The molecule has 1 aromatic heterocycles. The van der Waals surface area contributed by atoms with Crippen LogP contribution in [-0.2, 0) is 0 Å². The van der Waals surface area contributed by atoms with E-state index in [1.807, 2.05) is 24.3 Å². The van der Waals surface area contributed by atoms with Gasteiger partial charge in [-0.2, -0.15) is 0 Å². The normalized spacial score (nSPS) is 23.5. The van der Waals surface area contributed by atoms with Gasteiger partial charge < -0.3 is 10.4 Å². The third kappa shape index (κ3) is 2.65. The van der Waals surface area contributed by atoms with E-state index in [2.05, 4.69) is 15.3 Å². The van der Waals surface area contributed by atoms with Crippen molar-refractivity contribution < 1.29 is 5.11 Å². The molecule has 1 fully saturated rings. The van der Waals surface area contributed by atoms with E-state index in [4.69, 9.17) is 11.6 Å². The van der Waals surface area contributed by atoms with E-state index in [1.165, 1.54) is 0 Å². The summed E-state index contributed by atoms with van der Waals surface area (Å²) in [5.41, 5.74) is 0.815. The van der Waals surface area contributed by atoms with Gasteiger partial charge in [0.05, 0.1) is 17.7 Å². The Bertz CT molecular complexity index is 590. The lowest BCUT2D eigenvalue weighted by Crippen LogP contribution is -2.36. The highest BCUT2D eigenvalue weighted by Gasteiger charge is 2.23. The van der Waals surface area contributed by atoms with Crippen molar-refractivity contribution in [1.82, 2.24) is 9.97 Å². The van der Waals surface area contributed by atoms with Gasteiger partial charge in [-0.25, -0.2) is 9.97 Å². The first-order valence-corrected chi connectivity index (χ1v) is 6.99. The first-order chi connectivity index (χ1) is 9.24. The van der Waals surface area contributed by atoms with Gasteiger partial charge in [-0.3, -0.25) is 0 Å². The Morgan fingerprint density at radius 3 is 2.79 bits per heavy atom. The van der Waals surface area contributed by atoms with Crippen molar-refractivity contribution in [1.29, 1.82) is 0 Å². The third-order valence-corrected chi connectivity index (χ3v) is 3.80. The maximum absolute atomic E-state index is 10.0. The highest BCUT2D eigenvalue weighted by molar-refractivity contribution is 6.28. The van der Waals surface area contributed by atoms with Gasteiger partial charge in [0.1, 0.15) is 5.82 Å². The van der Waals surface area contributed by atoms with Crippen molar-refractivity contribution in [2.45, 2.75) is 37.8 Å². The number of fused-ring (bicyclic) bond motifs is 1. The topological polar surface area (TPSA) is 58.0 Å². The summed E-state index contributed by atoms with van der Waals surface area (Å²) in [4.78, 5) is 8.46. The molecule has 3 rings (SSSR count). The quantitative estimate of drug-likeness (QED) is 0.829. The summed E-state index contributed by atoms with van der Waals surface area (Å²) in [7, 11) is 0. The number of hydrogen-bond acceptors (Lipinski definition) is 4. The zero-order valence-electron chi connectivity index (χ0n) is 10.5. The van der Waals surface area contributed by atoms with Gasteiger partial charge in [0, 0.05) is 5.39 Å². The predicted molar refractivity (Wildman–Crippen MR) is 76.4 cm³/mol. The lowest BCUT2D eigenvalue weighted by atomic mass is 9.92. The molecular formula is C14H16ClN3O. The summed E-state index contributed by atoms with van der Waals surface area (Å²) in [6.45, 7) is 0. The summed E-state index contributed by atoms with van der Waals surface area (Å²) in [5, 5.41) is 14.5. The first-order valence-electron chi connectivity index (χ1n) is 6.61. The molecule has 100 valence electrons. The number of aliphatic hydroxyl groups excluding tert-OH is 1. The number of nitrogens with one attached hydrogen (secondary N) is 1. The van der Waals surface area contributed by atoms with Crippen LogP contribution in [0.15, 0.2) is 24.3 Å². The molecule has 0 spiro atoms. The number of hydrogen-bond donors (Lipinski definition) is 2. The Kier molecular flexibility index (Phi) is 3.53. The molecule has 2 aromatic rings. The Labute approximate surface area is 116 Å². The molecule has 0 bridgehead atoms. The van der Waals surface area contributed by atoms with E-state index in [-0.39, 0.29) is 17.4 Å². The summed E-state index contributed by atoms with van der Waals surface area (Å²) < 4.78 is 0. The maximum Gasteiger partial charge on any atom is 0.224 e. The number of anilines is 1. The highest BCUT2D eigenvalue weighted by Crippen LogP contribution is 2.26. The van der Waals surface area contributed by atoms with Crippen LogP contribution in [0.3, 0.4) is 0 Å². The Morgan fingerprint density at radius 1 is 1.16 bits per heavy atom. The first kappa shape index (κ1) is 12.6. The van der Waals surface area contributed by atoms with E-state index in [0.717, 1.165) is 36.6 Å². The molecular weight excluding hydrogens is 262 g/mol. The number of rotatable bonds is 2. The van der Waals surface area contributed by atoms with Gasteiger partial charge in [0.15, 0.2) is 0 Å². The maximum atomic E-state index is 10.0. The zero-order chi connectivity index (χ0) is 13.2. The molecule has 1 aliphatic carbocycles. The number of para-hydroxylation sites is 1. The Hall–Kier alpha value is -1.39. The fourth-order valence-corrected chi connectivity index (χ4v) is 2.79. The molecule has 0 radical (unpaired) electrons. The van der Waals surface area contributed by atoms with Crippen molar-refractivity contribution >= 4 is 28.3 Å². The van der Waals surface area contributed by atoms with Gasteiger partial charge in [0.2, 0.25) is 5.28 Å². The average molecular weight is 278 g/mol. The summed E-state index contributed by atoms with van der Waals surface area (Å²) >= 11 is 5.95. The van der Waals surface area contributed by atoms with Crippen LogP contribution < -0.4 is 5.32 Å². The Morgan fingerprint density at radius 2 is 1.95 bits per heavy atom. The fourth-order valence-electron chi connectivity index (χ4n) is 2.61. The second-order valence-electron chi connectivity index (χ2n) is 4.96. The molecule has 2 unspecified atom stereocenters. The van der Waals surface area contributed by atoms with Crippen molar-refractivity contribution in [2.75, 3.05) is 5.32 Å². The van der Waals surface area contributed by atoms with E-state index >= 15 is 0 Å². The van der Waals surface area contributed by atoms with Gasteiger partial charge in [0.25, 0.3) is 0 Å². The lowest BCUT2D eigenvalue weighted by Gasteiger charge is -2.29. The molecule has 19 heavy (non-hydrogen) atoms. The van der Waals surface area contributed by atoms with Gasteiger partial charge in [-0.15, -0.1) is 0 Å². The standard InChI is InChI=1S/C14H16ClN3O/c15-14-17-10-6-2-1-5-9(10)13(18-14)16-11-7-3-4-8-12(11)19/h1-2,5-6,11-12,19H,3-4,7-8H2,(H,16,17,18). The SMILES string of the molecule is OC1CCCCC1Nc1nc(Cl)nc2ccccc12. The van der Waals surface area contributed by atoms with Gasteiger partial charge >= 0.3 is 0 Å². The largest absolute Gasteiger partial charge is 0.391 e. The van der Waals surface area contributed by atoms with Crippen LogP contribution in [0.2, 0.25) is 5.28 Å². The van der Waals surface area contributed by atoms with Crippen LogP contribution in [0.25, 0.3) is 10.9 Å². The van der Waals surface area contributed by atoms with Crippen LogP contribution in [-0.4, -0.2) is 27.2 Å². The summed E-state index contributed by atoms with van der Waals surface area (Å²) in [6, 6.07) is 7.78. The van der Waals surface area contributed by atoms with Crippen molar-refractivity contribution in [3.63, 3.8) is 0 Å². The van der Waals surface area contributed by atoms with E-state index in [0.29, 0.717) is 5.82 Å². The van der Waals surface area contributed by atoms with Crippen molar-refractivity contribution in [3.8, 4) is 0 Å². The van der Waals surface area contributed by atoms with Crippen LogP contribution >= 0.6 is 11.6 Å². The molecule has 2 atom stereocenters. The second-order valence-corrected chi connectivity index (χ2v) is 5.30. The van der Waals surface area contributed by atoms with E-state index in [1.54, 1.807) is 0 Å². The zero-order valence-corrected chi connectivity index (χ0v) is 11.3. The van der Waals surface area contributed by atoms with Crippen LogP contribution in [0, 0.1) is 0 Å². The summed E-state index contributed by atoms with van der Waals surface area (Å²) in [6.07, 6.45) is 3.70. The van der Waals surface area contributed by atoms with Crippen molar-refractivity contribution in [2.24, 2.45) is 0 Å².